The molecule has 5 atom stereocenters. The Balaban J connectivity index is 5.35. The number of rotatable bonds is 13. The van der Waals surface area contributed by atoms with Crippen LogP contribution in [0.4, 0.5) is 0 Å². The zero-order valence-corrected chi connectivity index (χ0v) is 16.7. The van der Waals surface area contributed by atoms with Crippen molar-refractivity contribution in [2.75, 3.05) is 6.61 Å². The lowest BCUT2D eigenvalue weighted by molar-refractivity contribution is -0.144. The Kier molecular flexibility index (Phi) is 11.5. The predicted octanol–water partition coefficient (Wildman–Crippen LogP) is -2.22. The van der Waals surface area contributed by atoms with Crippen molar-refractivity contribution in [3.63, 3.8) is 0 Å². The third-order valence-corrected chi connectivity index (χ3v) is 4.29. The van der Waals surface area contributed by atoms with Gasteiger partial charge in [-0.05, 0) is 19.3 Å². The predicted molar refractivity (Wildman–Crippen MR) is 100 cm³/mol. The molecule has 3 amide bonds. The summed E-state index contributed by atoms with van der Waals surface area (Å²) >= 11 is 0. The van der Waals surface area contributed by atoms with E-state index in [1.807, 2.05) is 0 Å². The Morgan fingerprint density at radius 2 is 1.41 bits per heavy atom. The highest BCUT2D eigenvalue weighted by Gasteiger charge is 2.31. The highest BCUT2D eigenvalue weighted by atomic mass is 16.4. The maximum absolute atomic E-state index is 12.5. The molecule has 12 nitrogen and oxygen atoms in total. The van der Waals surface area contributed by atoms with E-state index in [0.717, 1.165) is 0 Å². The van der Waals surface area contributed by atoms with E-state index in [0.29, 0.717) is 6.42 Å². The van der Waals surface area contributed by atoms with Crippen LogP contribution >= 0.6 is 0 Å². The third-order valence-electron chi connectivity index (χ3n) is 4.29. The first kappa shape index (κ1) is 26.3. The minimum atomic E-state index is -1.42. The Bertz CT molecular complexity index is 610. The van der Waals surface area contributed by atoms with E-state index in [4.69, 9.17) is 10.8 Å². The fourth-order valence-corrected chi connectivity index (χ4v) is 2.24. The molecule has 0 aliphatic rings. The van der Waals surface area contributed by atoms with E-state index < -0.39 is 72.8 Å². The number of amides is 3. The largest absolute Gasteiger partial charge is 0.481 e. The molecule has 8 N–H and O–H groups in total. The fraction of sp³-hybridized carbons (Fsp3) is 0.706. The Labute approximate surface area is 168 Å². The van der Waals surface area contributed by atoms with E-state index >= 15 is 0 Å². The monoisotopic (exact) mass is 418 g/mol. The SMILES string of the molecule is CCC(C)C(NC(=O)C(CCC(=O)O)NC(=O)C(CO)NC(=O)C(C)N)C(=O)O. The number of nitrogens with one attached hydrogen (secondary N) is 3. The Morgan fingerprint density at radius 1 is 0.897 bits per heavy atom. The zero-order chi connectivity index (χ0) is 22.7. The van der Waals surface area contributed by atoms with Crippen LogP contribution < -0.4 is 21.7 Å². The van der Waals surface area contributed by atoms with Crippen molar-refractivity contribution in [3.8, 4) is 0 Å². The van der Waals surface area contributed by atoms with Crippen molar-refractivity contribution >= 4 is 29.7 Å². The van der Waals surface area contributed by atoms with Crippen LogP contribution in [0.15, 0.2) is 0 Å². The van der Waals surface area contributed by atoms with Gasteiger partial charge in [-0.25, -0.2) is 4.79 Å². The van der Waals surface area contributed by atoms with Crippen LogP contribution in [0.5, 0.6) is 0 Å². The number of aliphatic hydroxyl groups is 1. The summed E-state index contributed by atoms with van der Waals surface area (Å²) in [6.45, 7) is 3.94. The van der Waals surface area contributed by atoms with Crippen LogP contribution in [-0.4, -0.2) is 75.8 Å². The molecule has 166 valence electrons. The molecule has 0 aromatic heterocycles. The molecule has 0 saturated carbocycles. The second-order valence-electron chi connectivity index (χ2n) is 6.74. The summed E-state index contributed by atoms with van der Waals surface area (Å²) in [5.74, 6) is -5.45. The summed E-state index contributed by atoms with van der Waals surface area (Å²) in [6.07, 6.45) is -0.339. The lowest BCUT2D eigenvalue weighted by atomic mass is 9.98. The Morgan fingerprint density at radius 3 is 1.83 bits per heavy atom. The van der Waals surface area contributed by atoms with Crippen molar-refractivity contribution in [2.24, 2.45) is 11.7 Å². The lowest BCUT2D eigenvalue weighted by Crippen LogP contribution is -2.58. The second kappa shape index (κ2) is 12.7. The van der Waals surface area contributed by atoms with Gasteiger partial charge in [-0.1, -0.05) is 20.3 Å². The minimum absolute atomic E-state index is 0.320. The first-order valence-electron chi connectivity index (χ1n) is 9.16. The van der Waals surface area contributed by atoms with Crippen LogP contribution in [0, 0.1) is 5.92 Å². The molecule has 0 aromatic rings. The van der Waals surface area contributed by atoms with Gasteiger partial charge in [0.15, 0.2) is 0 Å². The van der Waals surface area contributed by atoms with Gasteiger partial charge in [0.1, 0.15) is 18.1 Å². The van der Waals surface area contributed by atoms with Crippen molar-refractivity contribution in [1.82, 2.24) is 16.0 Å². The summed E-state index contributed by atoms with van der Waals surface area (Å²) in [7, 11) is 0. The van der Waals surface area contributed by atoms with Crippen molar-refractivity contribution in [2.45, 2.75) is 64.2 Å². The van der Waals surface area contributed by atoms with Gasteiger partial charge in [0.25, 0.3) is 0 Å². The summed E-state index contributed by atoms with van der Waals surface area (Å²) in [4.78, 5) is 58.7. The second-order valence-corrected chi connectivity index (χ2v) is 6.74. The molecule has 5 unspecified atom stereocenters. The van der Waals surface area contributed by atoms with Gasteiger partial charge >= 0.3 is 11.9 Å². The quantitative estimate of drug-likeness (QED) is 0.172. The third kappa shape index (κ3) is 9.34. The molecular formula is C17H30N4O8. The molecule has 29 heavy (non-hydrogen) atoms. The fourth-order valence-electron chi connectivity index (χ4n) is 2.24. The molecule has 0 heterocycles. The molecule has 0 bridgehead atoms. The molecular weight excluding hydrogens is 388 g/mol. The number of carboxylic acids is 2. The summed E-state index contributed by atoms with van der Waals surface area (Å²) < 4.78 is 0. The number of hydrogen-bond acceptors (Lipinski definition) is 7. The van der Waals surface area contributed by atoms with Gasteiger partial charge < -0.3 is 37.0 Å². The van der Waals surface area contributed by atoms with Gasteiger partial charge in [-0.2, -0.15) is 0 Å². The molecule has 0 aliphatic heterocycles. The van der Waals surface area contributed by atoms with Crippen LogP contribution in [0.1, 0.15) is 40.0 Å². The van der Waals surface area contributed by atoms with Crippen molar-refractivity contribution in [3.05, 3.63) is 0 Å². The van der Waals surface area contributed by atoms with Crippen LogP contribution in [0.25, 0.3) is 0 Å². The minimum Gasteiger partial charge on any atom is -0.481 e. The van der Waals surface area contributed by atoms with Gasteiger partial charge in [0.2, 0.25) is 17.7 Å². The molecule has 12 heteroatoms. The number of aliphatic hydroxyl groups excluding tert-OH is 1. The zero-order valence-electron chi connectivity index (χ0n) is 16.7. The van der Waals surface area contributed by atoms with Gasteiger partial charge in [0.05, 0.1) is 12.6 Å². The molecule has 0 rings (SSSR count). The molecule has 0 radical (unpaired) electrons. The number of hydrogen-bond donors (Lipinski definition) is 7. The maximum Gasteiger partial charge on any atom is 0.326 e. The topological polar surface area (TPSA) is 208 Å². The first-order valence-corrected chi connectivity index (χ1v) is 9.16. The van der Waals surface area contributed by atoms with Crippen molar-refractivity contribution < 1.29 is 39.3 Å². The number of nitrogens with two attached hydrogens (primary N) is 1. The molecule has 0 spiro atoms. The standard InChI is InChI=1S/C17H30N4O8/c1-4-8(2)13(17(28)29)21-15(26)10(5-6-12(23)24)19-16(27)11(7-22)20-14(25)9(3)18/h8-11,13,22H,4-7,18H2,1-3H3,(H,19,27)(H,20,25)(H,21,26)(H,23,24)(H,28,29). The molecule has 0 saturated heterocycles. The maximum atomic E-state index is 12.5. The number of carbonyl (C=O) groups excluding carboxylic acids is 3. The summed E-state index contributed by atoms with van der Waals surface area (Å²) in [5.41, 5.74) is 5.38. The highest BCUT2D eigenvalue weighted by Crippen LogP contribution is 2.09. The van der Waals surface area contributed by atoms with Crippen LogP contribution in [0.2, 0.25) is 0 Å². The van der Waals surface area contributed by atoms with E-state index in [1.165, 1.54) is 6.92 Å². The van der Waals surface area contributed by atoms with Gasteiger partial charge in [0, 0.05) is 6.42 Å². The average molecular weight is 418 g/mol. The molecule has 0 aliphatic carbocycles. The van der Waals surface area contributed by atoms with E-state index in [1.54, 1.807) is 13.8 Å². The lowest BCUT2D eigenvalue weighted by Gasteiger charge is -2.25. The molecule has 0 fully saturated rings. The first-order chi connectivity index (χ1) is 13.4. The van der Waals surface area contributed by atoms with Crippen LogP contribution in [-0.2, 0) is 24.0 Å². The number of aliphatic carboxylic acids is 2. The summed E-state index contributed by atoms with van der Waals surface area (Å²) in [5, 5.41) is 34.2. The smallest absolute Gasteiger partial charge is 0.326 e. The van der Waals surface area contributed by atoms with Gasteiger partial charge in [-0.15, -0.1) is 0 Å². The van der Waals surface area contributed by atoms with Gasteiger partial charge in [-0.3, -0.25) is 19.2 Å². The number of carbonyl (C=O) groups is 5. The van der Waals surface area contributed by atoms with Crippen LogP contribution in [0.3, 0.4) is 0 Å². The Hall–Kier alpha value is -2.73. The highest BCUT2D eigenvalue weighted by molar-refractivity contribution is 5.94. The van der Waals surface area contributed by atoms with E-state index in [9.17, 15) is 34.2 Å². The van der Waals surface area contributed by atoms with E-state index in [-0.39, 0.29) is 6.42 Å². The van der Waals surface area contributed by atoms with Crippen molar-refractivity contribution in [1.29, 1.82) is 0 Å². The van der Waals surface area contributed by atoms with E-state index in [2.05, 4.69) is 16.0 Å². The normalized spacial score (nSPS) is 15.9. The average Bonchev–Trinajstić information content (AvgIpc) is 2.65. The summed E-state index contributed by atoms with van der Waals surface area (Å²) in [6, 6.07) is -4.98. The molecule has 0 aromatic carbocycles. The number of carboxylic acid groups (broad SMARTS) is 2.